The van der Waals surface area contributed by atoms with Gasteiger partial charge in [0, 0.05) is 32.1 Å². The highest BCUT2D eigenvalue weighted by Crippen LogP contribution is 2.21. The minimum atomic E-state index is -0.278. The van der Waals surface area contributed by atoms with E-state index in [2.05, 4.69) is 0 Å². The van der Waals surface area contributed by atoms with Crippen LogP contribution >= 0.6 is 0 Å². The smallest absolute Gasteiger partial charge is 0.202 e. The lowest BCUT2D eigenvalue weighted by Crippen LogP contribution is -2.41. The average molecular weight is 199 g/mol. The van der Waals surface area contributed by atoms with Crippen LogP contribution in [0.2, 0.25) is 0 Å². The molecule has 0 bridgehead atoms. The summed E-state index contributed by atoms with van der Waals surface area (Å²) in [6.07, 6.45) is 2.57. The third kappa shape index (κ3) is 2.62. The van der Waals surface area contributed by atoms with Gasteiger partial charge < -0.3 is 10.5 Å². The lowest BCUT2D eigenvalue weighted by molar-refractivity contribution is -0.141. The predicted octanol–water partition coefficient (Wildman–Crippen LogP) is 0.288. The largest absolute Gasteiger partial charge is 0.385 e. The second-order valence-corrected chi connectivity index (χ2v) is 3.73. The fourth-order valence-electron chi connectivity index (χ4n) is 1.81. The van der Waals surface area contributed by atoms with Crippen LogP contribution in [0.5, 0.6) is 0 Å². The van der Waals surface area contributed by atoms with Crippen LogP contribution in [0.15, 0.2) is 0 Å². The molecule has 0 amide bonds. The van der Waals surface area contributed by atoms with Gasteiger partial charge in [0.2, 0.25) is 5.78 Å². The highest BCUT2D eigenvalue weighted by molar-refractivity contribution is 6.38. The first-order chi connectivity index (χ1) is 6.66. The average Bonchev–Trinajstić information content (AvgIpc) is 2.18. The summed E-state index contributed by atoms with van der Waals surface area (Å²) >= 11 is 0. The molecule has 1 fully saturated rings. The maximum Gasteiger partial charge on any atom is 0.202 e. The van der Waals surface area contributed by atoms with Crippen molar-refractivity contribution in [2.45, 2.75) is 31.7 Å². The summed E-state index contributed by atoms with van der Waals surface area (Å²) in [5, 5.41) is 0. The summed E-state index contributed by atoms with van der Waals surface area (Å²) < 4.78 is 4.89. The second-order valence-electron chi connectivity index (χ2n) is 3.73. The highest BCUT2D eigenvalue weighted by Gasteiger charge is 2.33. The first-order valence-electron chi connectivity index (χ1n) is 4.98. The van der Waals surface area contributed by atoms with Crippen LogP contribution < -0.4 is 5.73 Å². The second kappa shape index (κ2) is 5.22. The number of carbonyl (C=O) groups is 2. The van der Waals surface area contributed by atoms with Gasteiger partial charge in [-0.15, -0.1) is 0 Å². The summed E-state index contributed by atoms with van der Waals surface area (Å²) in [5.41, 5.74) is 5.83. The number of rotatable bonds is 4. The molecule has 1 saturated carbocycles. The molecule has 1 aliphatic carbocycles. The molecule has 0 radical (unpaired) electrons. The Morgan fingerprint density at radius 1 is 1.57 bits per heavy atom. The van der Waals surface area contributed by atoms with Crippen LogP contribution in [0.3, 0.4) is 0 Å². The van der Waals surface area contributed by atoms with E-state index in [4.69, 9.17) is 10.5 Å². The summed E-state index contributed by atoms with van der Waals surface area (Å²) in [4.78, 5) is 22.6. The first-order valence-corrected chi connectivity index (χ1v) is 4.98. The minimum absolute atomic E-state index is 0.230. The summed E-state index contributed by atoms with van der Waals surface area (Å²) in [7, 11) is 1.60. The number of nitrogens with two attached hydrogens (primary N) is 1. The normalized spacial score (nSPS) is 25.1. The molecule has 0 saturated heterocycles. The van der Waals surface area contributed by atoms with Gasteiger partial charge in [0.25, 0.3) is 0 Å². The number of ether oxygens (including phenoxy) is 1. The van der Waals surface area contributed by atoms with Gasteiger partial charge in [-0.2, -0.15) is 0 Å². The monoisotopic (exact) mass is 199 g/mol. The molecule has 0 aromatic rings. The van der Waals surface area contributed by atoms with Crippen molar-refractivity contribution in [1.29, 1.82) is 0 Å². The van der Waals surface area contributed by atoms with Crippen molar-refractivity contribution >= 4 is 11.6 Å². The van der Waals surface area contributed by atoms with Crippen LogP contribution in [-0.2, 0) is 14.3 Å². The molecule has 2 unspecified atom stereocenters. The Hall–Kier alpha value is -0.740. The maximum absolute atomic E-state index is 11.5. The fourth-order valence-corrected chi connectivity index (χ4v) is 1.81. The Morgan fingerprint density at radius 3 is 2.93 bits per heavy atom. The lowest BCUT2D eigenvalue weighted by Gasteiger charge is -2.25. The van der Waals surface area contributed by atoms with E-state index in [0.717, 1.165) is 12.8 Å². The maximum atomic E-state index is 11.5. The van der Waals surface area contributed by atoms with Crippen LogP contribution in [0.1, 0.15) is 25.7 Å². The first kappa shape index (κ1) is 11.3. The quantitative estimate of drug-likeness (QED) is 0.661. The van der Waals surface area contributed by atoms with Crippen LogP contribution in [0.4, 0.5) is 0 Å². The van der Waals surface area contributed by atoms with E-state index in [-0.39, 0.29) is 23.5 Å². The SMILES string of the molecule is COCCC(N)C1CCCC(=O)C1=O. The van der Waals surface area contributed by atoms with Gasteiger partial charge in [-0.25, -0.2) is 0 Å². The van der Waals surface area contributed by atoms with Gasteiger partial charge in [-0.3, -0.25) is 9.59 Å². The van der Waals surface area contributed by atoms with Crippen molar-refractivity contribution in [2.24, 2.45) is 11.7 Å². The Kier molecular flexibility index (Phi) is 4.22. The van der Waals surface area contributed by atoms with E-state index in [1.54, 1.807) is 7.11 Å². The van der Waals surface area contributed by atoms with Gasteiger partial charge in [0.1, 0.15) is 0 Å². The predicted molar refractivity (Wildman–Crippen MR) is 51.8 cm³/mol. The van der Waals surface area contributed by atoms with E-state index in [0.29, 0.717) is 19.4 Å². The summed E-state index contributed by atoms with van der Waals surface area (Å²) in [5.74, 6) is -0.805. The number of methoxy groups -OCH3 is 1. The Bertz CT molecular complexity index is 227. The standard InChI is InChI=1S/C10H17NO3/c1-14-6-5-8(11)7-3-2-4-9(12)10(7)13/h7-8H,2-6,11H2,1H3. The van der Waals surface area contributed by atoms with E-state index >= 15 is 0 Å². The molecule has 2 N–H and O–H groups in total. The summed E-state index contributed by atoms with van der Waals surface area (Å²) in [6, 6.07) is -0.230. The number of Topliss-reactive ketones (excluding diaryl/α,β-unsaturated/α-hetero) is 2. The molecule has 80 valence electrons. The highest BCUT2D eigenvalue weighted by atomic mass is 16.5. The molecule has 0 spiro atoms. The molecule has 1 aliphatic rings. The Labute approximate surface area is 83.8 Å². The van der Waals surface area contributed by atoms with Gasteiger partial charge in [-0.05, 0) is 19.3 Å². The van der Waals surface area contributed by atoms with Crippen molar-refractivity contribution < 1.29 is 14.3 Å². The minimum Gasteiger partial charge on any atom is -0.385 e. The van der Waals surface area contributed by atoms with Crippen LogP contribution in [0.25, 0.3) is 0 Å². The van der Waals surface area contributed by atoms with Gasteiger partial charge in [0.05, 0.1) is 0 Å². The third-order valence-electron chi connectivity index (χ3n) is 2.70. The van der Waals surface area contributed by atoms with Crippen LogP contribution in [-0.4, -0.2) is 31.3 Å². The lowest BCUT2D eigenvalue weighted by atomic mass is 9.81. The topological polar surface area (TPSA) is 69.4 Å². The molecule has 14 heavy (non-hydrogen) atoms. The molecule has 0 aromatic heterocycles. The number of ketones is 2. The zero-order valence-corrected chi connectivity index (χ0v) is 8.49. The Morgan fingerprint density at radius 2 is 2.29 bits per heavy atom. The fraction of sp³-hybridized carbons (Fsp3) is 0.800. The van der Waals surface area contributed by atoms with Crippen LogP contribution in [0, 0.1) is 5.92 Å². The van der Waals surface area contributed by atoms with Crippen molar-refractivity contribution in [3.8, 4) is 0 Å². The molecular weight excluding hydrogens is 182 g/mol. The van der Waals surface area contributed by atoms with Gasteiger partial charge >= 0.3 is 0 Å². The zero-order chi connectivity index (χ0) is 10.6. The Balaban J connectivity index is 2.48. The van der Waals surface area contributed by atoms with Crippen molar-refractivity contribution in [1.82, 2.24) is 0 Å². The number of hydrogen-bond acceptors (Lipinski definition) is 4. The molecule has 1 rings (SSSR count). The number of carbonyl (C=O) groups excluding carboxylic acids is 2. The summed E-state index contributed by atoms with van der Waals surface area (Å²) in [6.45, 7) is 0.541. The van der Waals surface area contributed by atoms with E-state index in [1.165, 1.54) is 0 Å². The zero-order valence-electron chi connectivity index (χ0n) is 8.49. The number of hydrogen-bond donors (Lipinski definition) is 1. The van der Waals surface area contributed by atoms with Crippen molar-refractivity contribution in [3.05, 3.63) is 0 Å². The van der Waals surface area contributed by atoms with E-state index < -0.39 is 0 Å². The van der Waals surface area contributed by atoms with Crippen molar-refractivity contribution in [2.75, 3.05) is 13.7 Å². The molecule has 4 heteroatoms. The third-order valence-corrected chi connectivity index (χ3v) is 2.70. The molecule has 0 aliphatic heterocycles. The molecule has 2 atom stereocenters. The van der Waals surface area contributed by atoms with Gasteiger partial charge in [0.15, 0.2) is 5.78 Å². The van der Waals surface area contributed by atoms with Gasteiger partial charge in [-0.1, -0.05) is 0 Å². The van der Waals surface area contributed by atoms with Crippen molar-refractivity contribution in [3.63, 3.8) is 0 Å². The molecular formula is C10H17NO3. The molecule has 4 nitrogen and oxygen atoms in total. The van der Waals surface area contributed by atoms with E-state index in [9.17, 15) is 9.59 Å². The molecule has 0 aromatic carbocycles. The van der Waals surface area contributed by atoms with E-state index in [1.807, 2.05) is 0 Å². The molecule has 0 heterocycles.